The van der Waals surface area contributed by atoms with Crippen LogP contribution in [0.5, 0.6) is 0 Å². The Kier molecular flexibility index (Phi) is 4.01. The highest BCUT2D eigenvalue weighted by Crippen LogP contribution is 2.19. The third kappa shape index (κ3) is 2.72. The summed E-state index contributed by atoms with van der Waals surface area (Å²) < 4.78 is 7.43. The monoisotopic (exact) mass is 310 g/mol. The van der Waals surface area contributed by atoms with Crippen molar-refractivity contribution in [3.05, 3.63) is 40.5 Å². The third-order valence-corrected chi connectivity index (χ3v) is 3.58. The molecular formula is C13H15BrN2O2. The number of Topliss-reactive ketones (excluding diaryl/α,β-unsaturated/α-hetero) is 1. The molecule has 4 nitrogen and oxygen atoms in total. The highest BCUT2D eigenvalue weighted by atomic mass is 79.9. The zero-order valence-electron chi connectivity index (χ0n) is 10.4. The average molecular weight is 311 g/mol. The molecule has 0 amide bonds. The lowest BCUT2D eigenvalue weighted by atomic mass is 10.1. The van der Waals surface area contributed by atoms with E-state index in [4.69, 9.17) is 4.42 Å². The fourth-order valence-electron chi connectivity index (χ4n) is 1.66. The second-order valence-corrected chi connectivity index (χ2v) is 4.97. The van der Waals surface area contributed by atoms with E-state index in [1.807, 2.05) is 16.9 Å². The molecule has 0 aromatic carbocycles. The topological polar surface area (TPSA) is 48.0 Å². The Bertz CT molecular complexity index is 545. The van der Waals surface area contributed by atoms with Crippen molar-refractivity contribution in [3.63, 3.8) is 0 Å². The van der Waals surface area contributed by atoms with Crippen LogP contribution in [0.4, 0.5) is 0 Å². The number of nitrogens with zero attached hydrogens (tertiary/aromatic N) is 2. The quantitative estimate of drug-likeness (QED) is 0.792. The van der Waals surface area contributed by atoms with Gasteiger partial charge in [-0.25, -0.2) is 0 Å². The Morgan fingerprint density at radius 1 is 1.56 bits per heavy atom. The number of hydrogen-bond donors (Lipinski definition) is 0. The van der Waals surface area contributed by atoms with Gasteiger partial charge >= 0.3 is 0 Å². The molecule has 2 aromatic rings. The first-order chi connectivity index (χ1) is 8.61. The van der Waals surface area contributed by atoms with E-state index in [1.165, 1.54) is 6.26 Å². The van der Waals surface area contributed by atoms with Gasteiger partial charge in [0.15, 0.2) is 10.5 Å². The van der Waals surface area contributed by atoms with Crippen molar-refractivity contribution in [2.24, 2.45) is 0 Å². The van der Waals surface area contributed by atoms with Gasteiger partial charge in [-0.1, -0.05) is 6.92 Å². The van der Waals surface area contributed by atoms with E-state index >= 15 is 0 Å². The number of carbonyl (C=O) groups excluding carboxylic acids is 1. The normalized spacial score (nSPS) is 12.6. The third-order valence-electron chi connectivity index (χ3n) is 2.97. The molecule has 2 rings (SSSR count). The van der Waals surface area contributed by atoms with Crippen LogP contribution in [0.1, 0.15) is 42.4 Å². The second-order valence-electron chi connectivity index (χ2n) is 4.25. The fourth-order valence-corrected chi connectivity index (χ4v) is 2.12. The highest BCUT2D eigenvalue weighted by Gasteiger charge is 2.15. The van der Waals surface area contributed by atoms with Crippen molar-refractivity contribution in [1.82, 2.24) is 9.78 Å². The summed E-state index contributed by atoms with van der Waals surface area (Å²) in [5.41, 5.74) is 1.35. The van der Waals surface area contributed by atoms with Gasteiger partial charge in [0.1, 0.15) is 0 Å². The van der Waals surface area contributed by atoms with Gasteiger partial charge in [-0.2, -0.15) is 5.10 Å². The van der Waals surface area contributed by atoms with Gasteiger partial charge in [0.05, 0.1) is 23.9 Å². The lowest BCUT2D eigenvalue weighted by molar-refractivity contribution is 0.0990. The summed E-state index contributed by atoms with van der Waals surface area (Å²) in [7, 11) is 0. The number of hydrogen-bond acceptors (Lipinski definition) is 3. The number of furan rings is 1. The van der Waals surface area contributed by atoms with E-state index in [1.54, 1.807) is 6.07 Å². The second kappa shape index (κ2) is 5.52. The lowest BCUT2D eigenvalue weighted by Gasteiger charge is -2.07. The Morgan fingerprint density at radius 3 is 2.94 bits per heavy atom. The Morgan fingerprint density at radius 2 is 2.33 bits per heavy atom. The van der Waals surface area contributed by atoms with Crippen molar-refractivity contribution in [3.8, 4) is 0 Å². The smallest absolute Gasteiger partial charge is 0.179 e. The Balaban J connectivity index is 2.08. The number of ketones is 1. The van der Waals surface area contributed by atoms with Crippen LogP contribution >= 0.6 is 15.9 Å². The first-order valence-electron chi connectivity index (χ1n) is 5.92. The summed E-state index contributed by atoms with van der Waals surface area (Å²) in [6.45, 7) is 4.21. The summed E-state index contributed by atoms with van der Waals surface area (Å²) in [5, 5.41) is 4.41. The minimum atomic E-state index is 0.00465. The average Bonchev–Trinajstić information content (AvgIpc) is 2.97. The van der Waals surface area contributed by atoms with Gasteiger partial charge in [0.25, 0.3) is 0 Å². The summed E-state index contributed by atoms with van der Waals surface area (Å²) in [5.74, 6) is 0.00465. The highest BCUT2D eigenvalue weighted by molar-refractivity contribution is 9.10. The van der Waals surface area contributed by atoms with Gasteiger partial charge in [-0.3, -0.25) is 9.48 Å². The molecule has 0 fully saturated rings. The molecule has 0 aliphatic heterocycles. The summed E-state index contributed by atoms with van der Waals surface area (Å²) in [4.78, 5) is 12.0. The van der Waals surface area contributed by atoms with Crippen LogP contribution in [-0.4, -0.2) is 15.6 Å². The molecule has 0 bridgehead atoms. The van der Waals surface area contributed by atoms with Crippen molar-refractivity contribution in [2.75, 3.05) is 0 Å². The van der Waals surface area contributed by atoms with Crippen LogP contribution in [0.25, 0.3) is 0 Å². The molecule has 0 N–H and O–H groups in total. The lowest BCUT2D eigenvalue weighted by Crippen LogP contribution is -2.07. The van der Waals surface area contributed by atoms with E-state index < -0.39 is 0 Å². The molecular weight excluding hydrogens is 296 g/mol. The van der Waals surface area contributed by atoms with Gasteiger partial charge in [0.2, 0.25) is 0 Å². The van der Waals surface area contributed by atoms with Crippen molar-refractivity contribution >= 4 is 21.7 Å². The van der Waals surface area contributed by atoms with Gasteiger partial charge in [-0.15, -0.1) is 0 Å². The van der Waals surface area contributed by atoms with E-state index in [0.29, 0.717) is 22.7 Å². The molecule has 1 unspecified atom stereocenters. The van der Waals surface area contributed by atoms with E-state index in [9.17, 15) is 4.79 Å². The Labute approximate surface area is 114 Å². The minimum Gasteiger partial charge on any atom is -0.457 e. The molecule has 2 aromatic heterocycles. The SMILES string of the molecule is CCC(C)n1ccc(CC(=O)c2ccoc2Br)n1. The van der Waals surface area contributed by atoms with E-state index in [2.05, 4.69) is 34.9 Å². The van der Waals surface area contributed by atoms with Crippen LogP contribution in [0.15, 0.2) is 33.7 Å². The summed E-state index contributed by atoms with van der Waals surface area (Å²) >= 11 is 3.21. The molecule has 0 saturated carbocycles. The number of carbonyl (C=O) groups is 1. The number of rotatable bonds is 5. The van der Waals surface area contributed by atoms with Crippen molar-refractivity contribution in [1.29, 1.82) is 0 Å². The van der Waals surface area contributed by atoms with Crippen LogP contribution in [0.3, 0.4) is 0 Å². The van der Waals surface area contributed by atoms with E-state index in [0.717, 1.165) is 12.1 Å². The zero-order valence-corrected chi connectivity index (χ0v) is 12.0. The van der Waals surface area contributed by atoms with Gasteiger partial charge < -0.3 is 4.42 Å². The summed E-state index contributed by atoms with van der Waals surface area (Å²) in [6, 6.07) is 3.91. The molecule has 2 heterocycles. The van der Waals surface area contributed by atoms with E-state index in [-0.39, 0.29) is 5.78 Å². The molecule has 0 radical (unpaired) electrons. The molecule has 0 aliphatic rings. The predicted octanol–water partition coefficient (Wildman–Crippen LogP) is 3.64. The van der Waals surface area contributed by atoms with Crippen LogP contribution in [0, 0.1) is 0 Å². The first-order valence-corrected chi connectivity index (χ1v) is 6.71. The zero-order chi connectivity index (χ0) is 13.1. The van der Waals surface area contributed by atoms with Crippen LogP contribution in [0.2, 0.25) is 0 Å². The Hall–Kier alpha value is -1.36. The maximum atomic E-state index is 12.0. The summed E-state index contributed by atoms with van der Waals surface area (Å²) in [6.07, 6.45) is 4.72. The van der Waals surface area contributed by atoms with Gasteiger partial charge in [-0.05, 0) is 41.4 Å². The maximum Gasteiger partial charge on any atom is 0.179 e. The molecule has 18 heavy (non-hydrogen) atoms. The van der Waals surface area contributed by atoms with Crippen molar-refractivity contribution < 1.29 is 9.21 Å². The molecule has 5 heteroatoms. The largest absolute Gasteiger partial charge is 0.457 e. The minimum absolute atomic E-state index is 0.00465. The molecule has 96 valence electrons. The molecule has 0 aliphatic carbocycles. The molecule has 0 spiro atoms. The van der Waals surface area contributed by atoms with Gasteiger partial charge in [0, 0.05) is 12.2 Å². The van der Waals surface area contributed by atoms with Crippen molar-refractivity contribution in [2.45, 2.75) is 32.7 Å². The standard InChI is InChI=1S/C13H15BrN2O2/c1-3-9(2)16-6-4-10(15-16)8-12(17)11-5-7-18-13(11)14/h4-7,9H,3,8H2,1-2H3. The molecule has 1 atom stereocenters. The van der Waals surface area contributed by atoms with Crippen LogP contribution < -0.4 is 0 Å². The fraction of sp³-hybridized carbons (Fsp3) is 0.385. The first kappa shape index (κ1) is 13.1. The number of aromatic nitrogens is 2. The predicted molar refractivity (Wildman–Crippen MR) is 71.7 cm³/mol. The number of halogens is 1. The maximum absolute atomic E-state index is 12.0. The van der Waals surface area contributed by atoms with Crippen LogP contribution in [-0.2, 0) is 6.42 Å². The molecule has 0 saturated heterocycles.